The topological polar surface area (TPSA) is 3.24 Å². The number of rotatable bonds is 3. The Labute approximate surface area is 74.1 Å². The van der Waals surface area contributed by atoms with Gasteiger partial charge in [0.05, 0.1) is 9.68 Å². The molecule has 0 saturated heterocycles. The van der Waals surface area contributed by atoms with Gasteiger partial charge in [0.15, 0.2) is 0 Å². The lowest BCUT2D eigenvalue weighted by Crippen LogP contribution is -2.29. The van der Waals surface area contributed by atoms with Crippen LogP contribution in [0.2, 0.25) is 5.54 Å². The number of nitrogens with zero attached hydrogens (tertiary/aromatic N) is 1. The van der Waals surface area contributed by atoms with Crippen LogP contribution in [0.15, 0.2) is 0 Å². The highest BCUT2D eigenvalue weighted by Crippen LogP contribution is 2.33. The van der Waals surface area contributed by atoms with Crippen molar-refractivity contribution >= 4 is 9.68 Å². The molecule has 0 bridgehead atoms. The second-order valence-corrected chi connectivity index (χ2v) is 7.35. The molecular weight excluding hydrogens is 150 g/mol. The second-order valence-electron chi connectivity index (χ2n) is 4.73. The van der Waals surface area contributed by atoms with Crippen LogP contribution in [-0.2, 0) is 0 Å². The molecule has 2 heteroatoms. The van der Waals surface area contributed by atoms with E-state index in [1.807, 2.05) is 0 Å². The molecule has 1 unspecified atom stereocenters. The largest absolute Gasteiger partial charge is 0.334 e. The van der Waals surface area contributed by atoms with E-state index in [0.29, 0.717) is 5.41 Å². The van der Waals surface area contributed by atoms with Crippen molar-refractivity contribution in [1.29, 1.82) is 0 Å². The highest BCUT2D eigenvalue weighted by Gasteiger charge is 2.23. The van der Waals surface area contributed by atoms with Gasteiger partial charge in [-0.25, -0.2) is 0 Å². The summed E-state index contributed by atoms with van der Waals surface area (Å²) in [6, 6.07) is 0. The van der Waals surface area contributed by atoms with Crippen LogP contribution in [0.3, 0.4) is 0 Å². The zero-order valence-electron chi connectivity index (χ0n) is 8.94. The third-order valence-electron chi connectivity index (χ3n) is 2.30. The Morgan fingerprint density at radius 1 is 1.27 bits per heavy atom. The lowest BCUT2D eigenvalue weighted by atomic mass is 9.90. The molecule has 1 nitrogen and oxygen atoms in total. The second kappa shape index (κ2) is 4.26. The van der Waals surface area contributed by atoms with Gasteiger partial charge in [0.1, 0.15) is 0 Å². The Kier molecular flexibility index (Phi) is 4.33. The summed E-state index contributed by atoms with van der Waals surface area (Å²) < 4.78 is 2.42. The van der Waals surface area contributed by atoms with Crippen LogP contribution in [0.5, 0.6) is 0 Å². The van der Waals surface area contributed by atoms with Crippen molar-refractivity contribution in [3.63, 3.8) is 0 Å². The maximum atomic E-state index is 2.42. The Morgan fingerprint density at radius 3 is 1.82 bits per heavy atom. The van der Waals surface area contributed by atoms with Gasteiger partial charge in [0, 0.05) is 0 Å². The third kappa shape index (κ3) is 4.59. The van der Waals surface area contributed by atoms with Crippen LogP contribution in [0.4, 0.5) is 0 Å². The van der Waals surface area contributed by atoms with Gasteiger partial charge in [0.2, 0.25) is 0 Å². The molecule has 0 saturated carbocycles. The first kappa shape index (κ1) is 11.2. The van der Waals surface area contributed by atoms with Crippen LogP contribution < -0.4 is 0 Å². The van der Waals surface area contributed by atoms with Crippen LogP contribution in [-0.4, -0.2) is 28.3 Å². The molecule has 68 valence electrons. The predicted molar refractivity (Wildman–Crippen MR) is 55.7 cm³/mol. The summed E-state index contributed by atoms with van der Waals surface area (Å²) in [5, 5.41) is 0. The fourth-order valence-corrected chi connectivity index (χ4v) is 3.14. The first-order valence-corrected chi connectivity index (χ1v) is 5.97. The molecule has 0 heterocycles. The minimum Gasteiger partial charge on any atom is -0.334 e. The molecule has 0 aromatic heterocycles. The Morgan fingerprint density at radius 2 is 1.73 bits per heavy atom. The monoisotopic (exact) mass is 173 g/mol. The highest BCUT2D eigenvalue weighted by atomic mass is 28.2. The van der Waals surface area contributed by atoms with E-state index in [2.05, 4.69) is 46.4 Å². The van der Waals surface area contributed by atoms with Gasteiger partial charge < -0.3 is 4.57 Å². The zero-order valence-corrected chi connectivity index (χ0v) is 10.4. The number of hydrogen-bond acceptors (Lipinski definition) is 1. The van der Waals surface area contributed by atoms with E-state index >= 15 is 0 Å². The van der Waals surface area contributed by atoms with E-state index in [1.54, 1.807) is 0 Å². The van der Waals surface area contributed by atoms with Crippen molar-refractivity contribution in [2.75, 3.05) is 14.1 Å². The van der Waals surface area contributed by atoms with Crippen molar-refractivity contribution in [1.82, 2.24) is 4.57 Å². The van der Waals surface area contributed by atoms with Gasteiger partial charge in [-0.15, -0.1) is 0 Å². The van der Waals surface area contributed by atoms with Crippen LogP contribution in [0.25, 0.3) is 0 Å². The molecular formula is C9H23NSi. The summed E-state index contributed by atoms with van der Waals surface area (Å²) in [5.74, 6) is 0. The molecule has 0 aromatic rings. The normalized spacial score (nSPS) is 16.6. The van der Waals surface area contributed by atoms with Crippen molar-refractivity contribution in [3.8, 4) is 0 Å². The van der Waals surface area contributed by atoms with Crippen molar-refractivity contribution in [2.45, 2.75) is 39.7 Å². The SMILES string of the molecule is CCC([SiH2]N(C)C)C(C)(C)C. The molecule has 1 atom stereocenters. The van der Waals surface area contributed by atoms with Crippen molar-refractivity contribution < 1.29 is 0 Å². The summed E-state index contributed by atoms with van der Waals surface area (Å²) in [7, 11) is 4.41. The van der Waals surface area contributed by atoms with Gasteiger partial charge >= 0.3 is 0 Å². The molecule has 0 rings (SSSR count). The van der Waals surface area contributed by atoms with Crippen molar-refractivity contribution in [2.24, 2.45) is 5.41 Å². The third-order valence-corrected chi connectivity index (χ3v) is 5.28. The van der Waals surface area contributed by atoms with Gasteiger partial charge in [0.25, 0.3) is 0 Å². The van der Waals surface area contributed by atoms with E-state index < -0.39 is 0 Å². The van der Waals surface area contributed by atoms with E-state index in [-0.39, 0.29) is 9.68 Å². The molecule has 0 fully saturated rings. The highest BCUT2D eigenvalue weighted by molar-refractivity contribution is 6.34. The molecule has 0 amide bonds. The zero-order chi connectivity index (χ0) is 9.07. The molecule has 0 spiro atoms. The molecule has 0 aliphatic rings. The number of hydrogen-bond donors (Lipinski definition) is 0. The van der Waals surface area contributed by atoms with E-state index in [0.717, 1.165) is 5.54 Å². The van der Waals surface area contributed by atoms with Gasteiger partial charge in [-0.2, -0.15) is 0 Å². The minimum absolute atomic E-state index is 0.0108. The first-order valence-electron chi connectivity index (χ1n) is 4.52. The molecule has 11 heavy (non-hydrogen) atoms. The predicted octanol–water partition coefficient (Wildman–Crippen LogP) is 1.88. The van der Waals surface area contributed by atoms with E-state index in [9.17, 15) is 0 Å². The molecule has 0 radical (unpaired) electrons. The fraction of sp³-hybridized carbons (Fsp3) is 1.00. The van der Waals surface area contributed by atoms with Crippen LogP contribution >= 0.6 is 0 Å². The average molecular weight is 173 g/mol. The fourth-order valence-electron chi connectivity index (χ4n) is 1.46. The summed E-state index contributed by atoms with van der Waals surface area (Å²) in [5.41, 5.74) is 1.48. The summed E-state index contributed by atoms with van der Waals surface area (Å²) in [4.78, 5) is 0. The quantitative estimate of drug-likeness (QED) is 0.589. The average Bonchev–Trinajstić information content (AvgIpc) is 1.79. The Bertz CT molecular complexity index is 105. The maximum Gasteiger partial charge on any atom is 0.0979 e. The molecule has 0 aliphatic heterocycles. The van der Waals surface area contributed by atoms with Gasteiger partial charge in [-0.1, -0.05) is 34.1 Å². The smallest absolute Gasteiger partial charge is 0.0979 e. The molecule has 0 aromatic carbocycles. The minimum atomic E-state index is -0.0108. The standard InChI is InChI=1S/C9H23NSi/c1-7-8(9(2,3)4)11-10(5)6/h8H,7,11H2,1-6H3. The van der Waals surface area contributed by atoms with E-state index in [4.69, 9.17) is 0 Å². The Balaban J connectivity index is 3.96. The lowest BCUT2D eigenvalue weighted by molar-refractivity contribution is 0.360. The van der Waals surface area contributed by atoms with E-state index in [1.165, 1.54) is 6.42 Å². The van der Waals surface area contributed by atoms with Crippen molar-refractivity contribution in [3.05, 3.63) is 0 Å². The van der Waals surface area contributed by atoms with Gasteiger partial charge in [-0.3, -0.25) is 0 Å². The maximum absolute atomic E-state index is 2.42. The summed E-state index contributed by atoms with van der Waals surface area (Å²) >= 11 is 0. The first-order chi connectivity index (χ1) is 4.88. The molecule has 0 N–H and O–H groups in total. The summed E-state index contributed by atoms with van der Waals surface area (Å²) in [6.07, 6.45) is 1.34. The molecule has 0 aliphatic carbocycles. The van der Waals surface area contributed by atoms with Gasteiger partial charge in [-0.05, 0) is 25.1 Å². The van der Waals surface area contributed by atoms with Crippen LogP contribution in [0, 0.1) is 5.41 Å². The summed E-state index contributed by atoms with van der Waals surface area (Å²) in [6.45, 7) is 9.39. The Hall–Kier alpha value is 0.177. The van der Waals surface area contributed by atoms with Crippen LogP contribution in [0.1, 0.15) is 34.1 Å². The lowest BCUT2D eigenvalue weighted by Gasteiger charge is -2.31.